The molecule has 3 aromatic rings. The van der Waals surface area contributed by atoms with Gasteiger partial charge in [0.1, 0.15) is 29.3 Å². The Bertz CT molecular complexity index is 959. The molecular weight excluding hydrogens is 318 g/mol. The highest BCUT2D eigenvalue weighted by atomic mass is 16.5. The van der Waals surface area contributed by atoms with Gasteiger partial charge < -0.3 is 10.3 Å². The third-order valence-electron chi connectivity index (χ3n) is 4.13. The number of nitrogens with zero attached hydrogens (tertiary/aromatic N) is 6. The van der Waals surface area contributed by atoms with E-state index < -0.39 is 0 Å². The lowest BCUT2D eigenvalue weighted by atomic mass is 10.0. The molecule has 0 aliphatic rings. The molecule has 0 fully saturated rings. The molecule has 0 aromatic carbocycles. The van der Waals surface area contributed by atoms with Gasteiger partial charge in [0, 0.05) is 19.2 Å². The molecule has 0 unspecified atom stereocenters. The summed E-state index contributed by atoms with van der Waals surface area (Å²) in [5.74, 6) is 1.14. The van der Waals surface area contributed by atoms with Crippen LogP contribution in [0.4, 0.5) is 5.82 Å². The van der Waals surface area contributed by atoms with Gasteiger partial charge in [-0.15, -0.1) is 0 Å². The summed E-state index contributed by atoms with van der Waals surface area (Å²) < 4.78 is 7.39. The van der Waals surface area contributed by atoms with Crippen LogP contribution in [0.25, 0.3) is 22.4 Å². The van der Waals surface area contributed by atoms with Crippen LogP contribution in [0, 0.1) is 0 Å². The third kappa shape index (κ3) is 2.67. The Hall–Kier alpha value is -2.77. The molecule has 3 aromatic heterocycles. The Morgan fingerprint density at radius 2 is 2.00 bits per heavy atom. The number of rotatable bonds is 3. The number of aryl methyl sites for hydroxylation is 1. The largest absolute Gasteiger partial charge is 0.383 e. The Labute approximate surface area is 146 Å². The maximum Gasteiger partial charge on any atom is 0.164 e. The summed E-state index contributed by atoms with van der Waals surface area (Å²) in [6, 6.07) is 0. The van der Waals surface area contributed by atoms with Crippen LogP contribution in [0.3, 0.4) is 0 Å². The molecular formula is C17H23N7O. The normalized spacial score (nSPS) is 13.0. The van der Waals surface area contributed by atoms with Gasteiger partial charge in [0.15, 0.2) is 5.65 Å². The van der Waals surface area contributed by atoms with Gasteiger partial charge in [0.2, 0.25) is 0 Å². The van der Waals surface area contributed by atoms with E-state index in [-0.39, 0.29) is 5.54 Å². The zero-order chi connectivity index (χ0) is 18.4. The van der Waals surface area contributed by atoms with E-state index in [0.29, 0.717) is 34.7 Å². The summed E-state index contributed by atoms with van der Waals surface area (Å²) in [5, 5.41) is 9.72. The van der Waals surface area contributed by atoms with Crippen molar-refractivity contribution in [3.05, 3.63) is 17.7 Å². The van der Waals surface area contributed by atoms with Gasteiger partial charge in [0.25, 0.3) is 0 Å². The number of hydrogen-bond donors (Lipinski definition) is 1. The average molecular weight is 341 g/mol. The molecule has 0 radical (unpaired) electrons. The first-order valence-corrected chi connectivity index (χ1v) is 8.21. The summed E-state index contributed by atoms with van der Waals surface area (Å²) in [5.41, 5.74) is 9.48. The van der Waals surface area contributed by atoms with E-state index in [4.69, 9.17) is 15.4 Å². The van der Waals surface area contributed by atoms with Crippen LogP contribution < -0.4 is 5.73 Å². The molecule has 8 heteroatoms. The van der Waals surface area contributed by atoms with Gasteiger partial charge in [-0.2, -0.15) is 5.10 Å². The predicted molar refractivity (Wildman–Crippen MR) is 97.7 cm³/mol. The van der Waals surface area contributed by atoms with Crippen molar-refractivity contribution in [2.45, 2.75) is 46.6 Å². The molecule has 0 bridgehead atoms. The van der Waals surface area contributed by atoms with E-state index in [9.17, 15) is 0 Å². The Balaban J connectivity index is 2.41. The molecule has 0 saturated carbocycles. The molecule has 8 nitrogen and oxygen atoms in total. The van der Waals surface area contributed by atoms with E-state index >= 15 is 0 Å². The minimum atomic E-state index is -0.275. The molecule has 2 N–H and O–H groups in total. The summed E-state index contributed by atoms with van der Waals surface area (Å²) in [4.78, 5) is 12.8. The SMILES string of the molecule is CCc1onc(-c2nn(C(C)(C)C)c3ncnc(N)c23)c1C(C)=NC. The van der Waals surface area contributed by atoms with E-state index in [2.05, 4.69) is 40.9 Å². The predicted octanol–water partition coefficient (Wildman–Crippen LogP) is 2.82. The molecule has 3 heterocycles. The van der Waals surface area contributed by atoms with Crippen LogP contribution in [-0.4, -0.2) is 37.7 Å². The minimum Gasteiger partial charge on any atom is -0.383 e. The summed E-state index contributed by atoms with van der Waals surface area (Å²) in [6.45, 7) is 10.1. The van der Waals surface area contributed by atoms with Crippen molar-refractivity contribution in [1.29, 1.82) is 0 Å². The second kappa shape index (κ2) is 5.94. The number of nitrogen functional groups attached to an aromatic ring is 1. The van der Waals surface area contributed by atoms with Crippen molar-refractivity contribution in [3.63, 3.8) is 0 Å². The van der Waals surface area contributed by atoms with Crippen molar-refractivity contribution in [3.8, 4) is 11.4 Å². The lowest BCUT2D eigenvalue weighted by Crippen LogP contribution is -2.23. The smallest absolute Gasteiger partial charge is 0.164 e. The number of aliphatic imine (C=N–C) groups is 1. The molecule has 0 atom stereocenters. The fraction of sp³-hybridized carbons (Fsp3) is 0.471. The van der Waals surface area contributed by atoms with E-state index in [0.717, 1.165) is 17.0 Å². The van der Waals surface area contributed by atoms with Crippen LogP contribution in [0.2, 0.25) is 0 Å². The topological polar surface area (TPSA) is 108 Å². The van der Waals surface area contributed by atoms with E-state index in [1.54, 1.807) is 7.05 Å². The molecule has 3 rings (SSSR count). The summed E-state index contributed by atoms with van der Waals surface area (Å²) in [6.07, 6.45) is 2.16. The summed E-state index contributed by atoms with van der Waals surface area (Å²) >= 11 is 0. The molecule has 132 valence electrons. The fourth-order valence-corrected chi connectivity index (χ4v) is 2.82. The maximum absolute atomic E-state index is 6.16. The first-order valence-electron chi connectivity index (χ1n) is 8.21. The standard InChI is InChI=1S/C17H23N7O/c1-7-10-11(9(2)19-6)14(23-25-10)13-12-15(18)20-8-21-16(12)24(22-13)17(3,4)5/h8H,7H2,1-6H3,(H2,18,20,21). The van der Waals surface area contributed by atoms with Gasteiger partial charge in [-0.25, -0.2) is 14.6 Å². The number of fused-ring (bicyclic) bond motifs is 1. The van der Waals surface area contributed by atoms with Gasteiger partial charge in [0.05, 0.1) is 16.5 Å². The van der Waals surface area contributed by atoms with Crippen LogP contribution in [0.15, 0.2) is 15.8 Å². The lowest BCUT2D eigenvalue weighted by Gasteiger charge is -2.19. The molecule has 0 saturated heterocycles. The van der Waals surface area contributed by atoms with Crippen molar-refractivity contribution >= 4 is 22.6 Å². The highest BCUT2D eigenvalue weighted by molar-refractivity contribution is 6.08. The minimum absolute atomic E-state index is 0.275. The maximum atomic E-state index is 6.16. The molecule has 0 amide bonds. The Morgan fingerprint density at radius 3 is 2.60 bits per heavy atom. The van der Waals surface area contributed by atoms with Crippen molar-refractivity contribution in [2.75, 3.05) is 12.8 Å². The number of aromatic nitrogens is 5. The molecule has 25 heavy (non-hydrogen) atoms. The molecule has 0 spiro atoms. The summed E-state index contributed by atoms with van der Waals surface area (Å²) in [7, 11) is 1.74. The molecule has 0 aliphatic heterocycles. The van der Waals surface area contributed by atoms with Crippen LogP contribution in [0.1, 0.15) is 45.9 Å². The van der Waals surface area contributed by atoms with Crippen molar-refractivity contribution in [1.82, 2.24) is 24.9 Å². The number of nitrogens with two attached hydrogens (primary N) is 1. The first kappa shape index (κ1) is 17.1. The Morgan fingerprint density at radius 1 is 1.28 bits per heavy atom. The lowest BCUT2D eigenvalue weighted by molar-refractivity contribution is 0.365. The number of hydrogen-bond acceptors (Lipinski definition) is 7. The van der Waals surface area contributed by atoms with E-state index in [1.165, 1.54) is 6.33 Å². The second-order valence-electron chi connectivity index (χ2n) is 6.88. The van der Waals surface area contributed by atoms with Gasteiger partial charge in [-0.3, -0.25) is 4.99 Å². The van der Waals surface area contributed by atoms with Gasteiger partial charge in [-0.1, -0.05) is 12.1 Å². The second-order valence-corrected chi connectivity index (χ2v) is 6.88. The first-order chi connectivity index (χ1) is 11.8. The zero-order valence-corrected chi connectivity index (χ0v) is 15.5. The Kier molecular flexibility index (Phi) is 4.06. The number of anilines is 1. The van der Waals surface area contributed by atoms with Crippen LogP contribution in [-0.2, 0) is 12.0 Å². The quantitative estimate of drug-likeness (QED) is 0.734. The highest BCUT2D eigenvalue weighted by Crippen LogP contribution is 2.35. The van der Waals surface area contributed by atoms with Crippen molar-refractivity contribution in [2.24, 2.45) is 4.99 Å². The average Bonchev–Trinajstić information content (AvgIpc) is 3.15. The van der Waals surface area contributed by atoms with E-state index in [1.807, 2.05) is 18.5 Å². The zero-order valence-electron chi connectivity index (χ0n) is 15.5. The van der Waals surface area contributed by atoms with Gasteiger partial charge in [-0.05, 0) is 27.7 Å². The van der Waals surface area contributed by atoms with Crippen LogP contribution in [0.5, 0.6) is 0 Å². The van der Waals surface area contributed by atoms with Crippen molar-refractivity contribution < 1.29 is 4.52 Å². The van der Waals surface area contributed by atoms with Crippen LogP contribution >= 0.6 is 0 Å². The van der Waals surface area contributed by atoms with Gasteiger partial charge >= 0.3 is 0 Å². The highest BCUT2D eigenvalue weighted by Gasteiger charge is 2.28. The third-order valence-corrected chi connectivity index (χ3v) is 4.13. The monoisotopic (exact) mass is 341 g/mol. The fourth-order valence-electron chi connectivity index (χ4n) is 2.82. The molecule has 0 aliphatic carbocycles.